The van der Waals surface area contributed by atoms with Crippen molar-refractivity contribution in [2.45, 2.75) is 19.7 Å². The number of benzene rings is 1. The largest absolute Gasteiger partial charge is 0.508 e. The summed E-state index contributed by atoms with van der Waals surface area (Å²) in [5.74, 6) is -0.452. The van der Waals surface area contributed by atoms with Crippen LogP contribution in [0.2, 0.25) is 0 Å². The minimum Gasteiger partial charge on any atom is -0.508 e. The summed E-state index contributed by atoms with van der Waals surface area (Å²) in [4.78, 5) is 0. The second-order valence-corrected chi connectivity index (χ2v) is 2.94. The van der Waals surface area contributed by atoms with Gasteiger partial charge in [0.15, 0.2) is 0 Å². The molecule has 0 unspecified atom stereocenters. The molecule has 2 nitrogen and oxygen atoms in total. The zero-order valence-corrected chi connectivity index (χ0v) is 7.39. The molecule has 1 aromatic rings. The number of hydrogen-bond donors (Lipinski definition) is 2. The van der Waals surface area contributed by atoms with E-state index in [1.54, 1.807) is 0 Å². The third-order valence-corrected chi connectivity index (χ3v) is 1.92. The van der Waals surface area contributed by atoms with Gasteiger partial charge in [-0.1, -0.05) is 0 Å². The van der Waals surface area contributed by atoms with Gasteiger partial charge in [0.1, 0.15) is 5.75 Å². The van der Waals surface area contributed by atoms with E-state index in [2.05, 4.69) is 0 Å². The van der Waals surface area contributed by atoms with E-state index in [-0.39, 0.29) is 11.1 Å². The maximum Gasteiger partial charge on any atom is 0.416 e. The van der Waals surface area contributed by atoms with Crippen LogP contribution in [0, 0.1) is 6.92 Å². The van der Waals surface area contributed by atoms with Gasteiger partial charge in [0.25, 0.3) is 0 Å². The Labute approximate surface area is 78.6 Å². The van der Waals surface area contributed by atoms with Crippen LogP contribution in [-0.4, -0.2) is 10.2 Å². The second-order valence-electron chi connectivity index (χ2n) is 2.94. The monoisotopic (exact) mass is 206 g/mol. The molecular formula is C9H9F3O2. The Morgan fingerprint density at radius 2 is 1.86 bits per heavy atom. The molecule has 1 aromatic carbocycles. The summed E-state index contributed by atoms with van der Waals surface area (Å²) in [6.07, 6.45) is -4.55. The lowest BCUT2D eigenvalue weighted by atomic mass is 10.0. The first-order valence-corrected chi connectivity index (χ1v) is 3.87. The van der Waals surface area contributed by atoms with Crippen molar-refractivity contribution in [3.8, 4) is 5.75 Å². The number of aliphatic hydroxyl groups is 1. The van der Waals surface area contributed by atoms with Crippen molar-refractivity contribution >= 4 is 0 Å². The van der Waals surface area contributed by atoms with Crippen LogP contribution >= 0.6 is 0 Å². The van der Waals surface area contributed by atoms with Gasteiger partial charge in [0, 0.05) is 0 Å². The van der Waals surface area contributed by atoms with Crippen LogP contribution in [0.1, 0.15) is 16.7 Å². The van der Waals surface area contributed by atoms with Gasteiger partial charge in [-0.25, -0.2) is 0 Å². The average molecular weight is 206 g/mol. The molecule has 0 aliphatic rings. The number of rotatable bonds is 1. The van der Waals surface area contributed by atoms with Crippen molar-refractivity contribution in [3.63, 3.8) is 0 Å². The van der Waals surface area contributed by atoms with Gasteiger partial charge in [-0.2, -0.15) is 13.2 Å². The van der Waals surface area contributed by atoms with Crippen LogP contribution in [-0.2, 0) is 12.8 Å². The minimum atomic E-state index is -4.55. The van der Waals surface area contributed by atoms with Gasteiger partial charge in [-0.3, -0.25) is 0 Å². The molecule has 0 aromatic heterocycles. The van der Waals surface area contributed by atoms with E-state index in [1.807, 2.05) is 0 Å². The first-order chi connectivity index (χ1) is 6.36. The summed E-state index contributed by atoms with van der Waals surface area (Å²) in [5.41, 5.74) is -0.965. The number of phenols is 1. The molecule has 0 saturated carbocycles. The van der Waals surface area contributed by atoms with Gasteiger partial charge in [-0.05, 0) is 30.2 Å². The SMILES string of the molecule is Cc1cc(O)cc(C(F)(F)F)c1CO. The van der Waals surface area contributed by atoms with Gasteiger partial charge in [0.2, 0.25) is 0 Å². The van der Waals surface area contributed by atoms with Crippen molar-refractivity contribution in [1.29, 1.82) is 0 Å². The number of aromatic hydroxyl groups is 1. The summed E-state index contributed by atoms with van der Waals surface area (Å²) in [6.45, 7) is 0.710. The molecule has 0 heterocycles. The fraction of sp³-hybridized carbons (Fsp3) is 0.333. The van der Waals surface area contributed by atoms with E-state index in [9.17, 15) is 13.2 Å². The lowest BCUT2D eigenvalue weighted by Crippen LogP contribution is -2.10. The highest BCUT2D eigenvalue weighted by Gasteiger charge is 2.34. The van der Waals surface area contributed by atoms with E-state index in [0.29, 0.717) is 6.07 Å². The van der Waals surface area contributed by atoms with Crippen LogP contribution < -0.4 is 0 Å². The molecule has 0 aliphatic carbocycles. The molecule has 0 fully saturated rings. The maximum atomic E-state index is 12.4. The van der Waals surface area contributed by atoms with Crippen LogP contribution in [0.3, 0.4) is 0 Å². The highest BCUT2D eigenvalue weighted by Crippen LogP contribution is 2.35. The number of hydrogen-bond acceptors (Lipinski definition) is 2. The van der Waals surface area contributed by atoms with Crippen LogP contribution in [0.15, 0.2) is 12.1 Å². The first-order valence-electron chi connectivity index (χ1n) is 3.87. The molecule has 0 saturated heterocycles. The second kappa shape index (κ2) is 3.49. The number of alkyl halides is 3. The Kier molecular flexibility index (Phi) is 2.71. The summed E-state index contributed by atoms with van der Waals surface area (Å²) < 4.78 is 37.1. The summed E-state index contributed by atoms with van der Waals surface area (Å²) >= 11 is 0. The molecule has 2 N–H and O–H groups in total. The van der Waals surface area contributed by atoms with Gasteiger partial charge in [-0.15, -0.1) is 0 Å². The fourth-order valence-electron chi connectivity index (χ4n) is 1.26. The molecule has 0 amide bonds. The molecule has 1 rings (SSSR count). The zero-order chi connectivity index (χ0) is 10.9. The highest BCUT2D eigenvalue weighted by atomic mass is 19.4. The number of aryl methyl sites for hydroxylation is 1. The van der Waals surface area contributed by atoms with E-state index < -0.39 is 24.1 Å². The van der Waals surface area contributed by atoms with Crippen LogP contribution in [0.25, 0.3) is 0 Å². The Hall–Kier alpha value is -1.23. The molecule has 0 bridgehead atoms. The molecule has 0 radical (unpaired) electrons. The molecule has 0 atom stereocenters. The van der Waals surface area contributed by atoms with E-state index in [1.165, 1.54) is 13.0 Å². The standard InChI is InChI=1S/C9H9F3O2/c1-5-2-6(14)3-8(7(5)4-13)9(10,11)12/h2-3,13-14H,4H2,1H3. The lowest BCUT2D eigenvalue weighted by molar-refractivity contribution is -0.138. The smallest absolute Gasteiger partial charge is 0.416 e. The van der Waals surface area contributed by atoms with Gasteiger partial charge in [0.05, 0.1) is 12.2 Å². The van der Waals surface area contributed by atoms with Crippen molar-refractivity contribution in [2.24, 2.45) is 0 Å². The lowest BCUT2D eigenvalue weighted by Gasteiger charge is -2.13. The third-order valence-electron chi connectivity index (χ3n) is 1.92. The molecule has 0 spiro atoms. The minimum absolute atomic E-state index is 0.199. The van der Waals surface area contributed by atoms with E-state index >= 15 is 0 Å². The Bertz CT molecular complexity index is 345. The van der Waals surface area contributed by atoms with Gasteiger partial charge < -0.3 is 10.2 Å². The normalized spacial score (nSPS) is 11.8. The van der Waals surface area contributed by atoms with Crippen molar-refractivity contribution < 1.29 is 23.4 Å². The Balaban J connectivity index is 3.40. The summed E-state index contributed by atoms with van der Waals surface area (Å²) in [7, 11) is 0. The topological polar surface area (TPSA) is 40.5 Å². The number of halogens is 3. The predicted molar refractivity (Wildman–Crippen MR) is 43.8 cm³/mol. The predicted octanol–water partition coefficient (Wildman–Crippen LogP) is 2.21. The molecule has 14 heavy (non-hydrogen) atoms. The molecule has 78 valence electrons. The average Bonchev–Trinajstić information content (AvgIpc) is 2.01. The number of aliphatic hydroxyl groups excluding tert-OH is 1. The van der Waals surface area contributed by atoms with Crippen molar-refractivity contribution in [2.75, 3.05) is 0 Å². The van der Waals surface area contributed by atoms with Crippen molar-refractivity contribution in [3.05, 3.63) is 28.8 Å². The summed E-state index contributed by atoms with van der Waals surface area (Å²) in [6, 6.07) is 1.79. The molecule has 5 heteroatoms. The fourth-order valence-corrected chi connectivity index (χ4v) is 1.26. The molecule has 0 aliphatic heterocycles. The zero-order valence-electron chi connectivity index (χ0n) is 7.39. The quantitative estimate of drug-likeness (QED) is 0.739. The maximum absolute atomic E-state index is 12.4. The van der Waals surface area contributed by atoms with E-state index in [4.69, 9.17) is 10.2 Å². The number of phenolic OH excluding ortho intramolecular Hbond substituents is 1. The van der Waals surface area contributed by atoms with Crippen LogP contribution in [0.4, 0.5) is 13.2 Å². The highest BCUT2D eigenvalue weighted by molar-refractivity contribution is 5.42. The summed E-state index contributed by atoms with van der Waals surface area (Å²) in [5, 5.41) is 17.8. The van der Waals surface area contributed by atoms with Crippen LogP contribution in [0.5, 0.6) is 5.75 Å². The third kappa shape index (κ3) is 1.98. The van der Waals surface area contributed by atoms with Gasteiger partial charge >= 0.3 is 6.18 Å². The van der Waals surface area contributed by atoms with Crippen molar-refractivity contribution in [1.82, 2.24) is 0 Å². The van der Waals surface area contributed by atoms with E-state index in [0.717, 1.165) is 0 Å². The Morgan fingerprint density at radius 1 is 1.29 bits per heavy atom. The molecular weight excluding hydrogens is 197 g/mol. The Morgan fingerprint density at radius 3 is 2.29 bits per heavy atom. The first kappa shape index (κ1) is 10.8.